The van der Waals surface area contributed by atoms with Crippen molar-refractivity contribution < 1.29 is 9.59 Å². The number of nitrogens with one attached hydrogen (secondary N) is 2. The summed E-state index contributed by atoms with van der Waals surface area (Å²) in [5, 5.41) is 9.37. The van der Waals surface area contributed by atoms with Crippen molar-refractivity contribution in [2.24, 2.45) is 0 Å². The summed E-state index contributed by atoms with van der Waals surface area (Å²) in [4.78, 5) is 28.1. The molecule has 2 amide bonds. The highest BCUT2D eigenvalue weighted by Gasteiger charge is 2.18. The van der Waals surface area contributed by atoms with E-state index in [2.05, 4.69) is 20.7 Å². The molecular weight excluding hydrogens is 308 g/mol. The Morgan fingerprint density at radius 1 is 1.29 bits per heavy atom. The molecule has 1 unspecified atom stereocenters. The number of carbonyl (C=O) groups excluding carboxylic acids is 2. The van der Waals surface area contributed by atoms with Crippen LogP contribution in [0, 0.1) is 0 Å². The second-order valence-electron chi connectivity index (χ2n) is 5.41. The van der Waals surface area contributed by atoms with Crippen LogP contribution in [-0.2, 0) is 16.1 Å². The first kappa shape index (κ1) is 15.7. The van der Waals surface area contributed by atoms with E-state index in [4.69, 9.17) is 0 Å². The van der Waals surface area contributed by atoms with Gasteiger partial charge in [0.1, 0.15) is 12.6 Å². The van der Waals surface area contributed by atoms with E-state index in [1.165, 1.54) is 10.9 Å². The summed E-state index contributed by atoms with van der Waals surface area (Å²) in [7, 11) is 1.56. The minimum atomic E-state index is -0.431. The molecule has 0 aliphatic heterocycles. The Bertz CT molecular complexity index is 881. The number of aromatic nitrogens is 4. The van der Waals surface area contributed by atoms with Crippen LogP contribution < -0.4 is 10.6 Å². The van der Waals surface area contributed by atoms with Gasteiger partial charge in [-0.3, -0.25) is 14.3 Å². The molecule has 0 bridgehead atoms. The number of fused-ring (bicyclic) bond motifs is 1. The van der Waals surface area contributed by atoms with Crippen LogP contribution in [0.4, 0.5) is 5.69 Å². The molecule has 0 aliphatic rings. The number of likely N-dealkylation sites (N-methyl/N-ethyl adjacent to an activating group) is 1. The van der Waals surface area contributed by atoms with Crippen LogP contribution in [0.25, 0.3) is 11.0 Å². The molecule has 0 saturated carbocycles. The van der Waals surface area contributed by atoms with Crippen LogP contribution in [0.3, 0.4) is 0 Å². The monoisotopic (exact) mass is 326 g/mol. The van der Waals surface area contributed by atoms with Crippen molar-refractivity contribution in [3.63, 3.8) is 0 Å². The number of para-hydroxylation sites is 2. The second-order valence-corrected chi connectivity index (χ2v) is 5.41. The molecule has 2 aromatic heterocycles. The molecule has 2 N–H and O–H groups in total. The van der Waals surface area contributed by atoms with Gasteiger partial charge < -0.3 is 15.2 Å². The number of nitrogens with zero attached hydrogens (tertiary/aromatic N) is 4. The molecule has 124 valence electrons. The van der Waals surface area contributed by atoms with E-state index in [-0.39, 0.29) is 18.4 Å². The number of carbonyl (C=O) groups is 2. The summed E-state index contributed by atoms with van der Waals surface area (Å²) in [6.45, 7) is 1.91. The molecule has 1 atom stereocenters. The Labute approximate surface area is 138 Å². The third-order valence-electron chi connectivity index (χ3n) is 3.76. The molecule has 0 aliphatic carbocycles. The van der Waals surface area contributed by atoms with Gasteiger partial charge >= 0.3 is 0 Å². The van der Waals surface area contributed by atoms with Gasteiger partial charge in [0.25, 0.3) is 0 Å². The summed E-state index contributed by atoms with van der Waals surface area (Å²) in [6, 6.07) is 7.21. The number of amides is 2. The molecule has 0 saturated heterocycles. The summed E-state index contributed by atoms with van der Waals surface area (Å²) >= 11 is 0. The fourth-order valence-corrected chi connectivity index (χ4v) is 2.40. The SMILES string of the molecule is CNC(=O)Cn1cc(NC(=O)C(C)n2cnc3ccccc32)cn1. The third kappa shape index (κ3) is 3.12. The summed E-state index contributed by atoms with van der Waals surface area (Å²) in [6.07, 6.45) is 4.79. The fourth-order valence-electron chi connectivity index (χ4n) is 2.40. The molecule has 2 heterocycles. The Morgan fingerprint density at radius 2 is 2.08 bits per heavy atom. The van der Waals surface area contributed by atoms with Gasteiger partial charge in [-0.2, -0.15) is 5.10 Å². The van der Waals surface area contributed by atoms with Crippen LogP contribution in [0.1, 0.15) is 13.0 Å². The van der Waals surface area contributed by atoms with Gasteiger partial charge in [-0.15, -0.1) is 0 Å². The maximum absolute atomic E-state index is 12.5. The number of hydrogen-bond donors (Lipinski definition) is 2. The first-order valence-corrected chi connectivity index (χ1v) is 7.54. The van der Waals surface area contributed by atoms with Gasteiger partial charge in [0, 0.05) is 13.2 Å². The standard InChI is InChI=1S/C16H18N6O2/c1-11(22-10-18-13-5-3-4-6-14(13)22)16(24)20-12-7-19-21(8-12)9-15(23)17-2/h3-8,10-11H,9H2,1-2H3,(H,17,23)(H,20,24). The minimum absolute atomic E-state index is 0.105. The zero-order chi connectivity index (χ0) is 17.1. The lowest BCUT2D eigenvalue weighted by Crippen LogP contribution is -2.24. The zero-order valence-corrected chi connectivity index (χ0v) is 13.4. The van der Waals surface area contributed by atoms with Crippen molar-refractivity contribution in [3.8, 4) is 0 Å². The van der Waals surface area contributed by atoms with Crippen molar-refractivity contribution in [2.45, 2.75) is 19.5 Å². The van der Waals surface area contributed by atoms with Crippen molar-refractivity contribution in [2.75, 3.05) is 12.4 Å². The van der Waals surface area contributed by atoms with Crippen LogP contribution in [0.2, 0.25) is 0 Å². The highest BCUT2D eigenvalue weighted by atomic mass is 16.2. The number of anilines is 1. The van der Waals surface area contributed by atoms with Crippen molar-refractivity contribution in [1.29, 1.82) is 0 Å². The van der Waals surface area contributed by atoms with Gasteiger partial charge in [-0.1, -0.05) is 12.1 Å². The Hall–Kier alpha value is -3.16. The molecule has 8 heteroatoms. The van der Waals surface area contributed by atoms with Gasteiger partial charge in [0.2, 0.25) is 11.8 Å². The molecule has 3 rings (SSSR count). The zero-order valence-electron chi connectivity index (χ0n) is 13.4. The van der Waals surface area contributed by atoms with E-state index in [0.29, 0.717) is 5.69 Å². The topological polar surface area (TPSA) is 93.8 Å². The van der Waals surface area contributed by atoms with Gasteiger partial charge in [0.15, 0.2) is 0 Å². The normalized spacial score (nSPS) is 12.1. The Kier molecular flexibility index (Phi) is 4.28. The van der Waals surface area contributed by atoms with Crippen LogP contribution >= 0.6 is 0 Å². The predicted molar refractivity (Wildman–Crippen MR) is 89.4 cm³/mol. The summed E-state index contributed by atoms with van der Waals surface area (Å²) < 4.78 is 3.28. The number of hydrogen-bond acceptors (Lipinski definition) is 4. The first-order chi connectivity index (χ1) is 11.6. The van der Waals surface area contributed by atoms with E-state index in [9.17, 15) is 9.59 Å². The van der Waals surface area contributed by atoms with Crippen molar-refractivity contribution in [1.82, 2.24) is 24.6 Å². The highest BCUT2D eigenvalue weighted by Crippen LogP contribution is 2.18. The smallest absolute Gasteiger partial charge is 0.247 e. The fraction of sp³-hybridized carbons (Fsp3) is 0.250. The van der Waals surface area contributed by atoms with Crippen LogP contribution in [0.15, 0.2) is 43.0 Å². The Balaban J connectivity index is 1.71. The molecule has 24 heavy (non-hydrogen) atoms. The van der Waals surface area contributed by atoms with Crippen LogP contribution in [-0.4, -0.2) is 38.2 Å². The highest BCUT2D eigenvalue weighted by molar-refractivity contribution is 5.94. The number of benzene rings is 1. The van der Waals surface area contributed by atoms with E-state index >= 15 is 0 Å². The lowest BCUT2D eigenvalue weighted by Gasteiger charge is -2.13. The quantitative estimate of drug-likeness (QED) is 0.736. The van der Waals surface area contributed by atoms with E-state index < -0.39 is 6.04 Å². The molecule has 0 radical (unpaired) electrons. The maximum atomic E-state index is 12.5. The Morgan fingerprint density at radius 3 is 2.88 bits per heavy atom. The second kappa shape index (κ2) is 6.53. The van der Waals surface area contributed by atoms with Crippen LogP contribution in [0.5, 0.6) is 0 Å². The van der Waals surface area contributed by atoms with Gasteiger partial charge in [0.05, 0.1) is 29.2 Å². The predicted octanol–water partition coefficient (Wildman–Crippen LogP) is 1.18. The maximum Gasteiger partial charge on any atom is 0.247 e. The average Bonchev–Trinajstić information content (AvgIpc) is 3.20. The molecular formula is C16H18N6O2. The average molecular weight is 326 g/mol. The molecule has 1 aromatic carbocycles. The first-order valence-electron chi connectivity index (χ1n) is 7.54. The molecule has 0 fully saturated rings. The molecule has 8 nitrogen and oxygen atoms in total. The molecule has 3 aromatic rings. The van der Waals surface area contributed by atoms with Crippen molar-refractivity contribution in [3.05, 3.63) is 43.0 Å². The van der Waals surface area contributed by atoms with E-state index in [1.807, 2.05) is 28.8 Å². The summed E-state index contributed by atoms with van der Waals surface area (Å²) in [5.41, 5.74) is 2.28. The van der Waals surface area contributed by atoms with Gasteiger partial charge in [-0.05, 0) is 19.1 Å². The molecule has 0 spiro atoms. The number of imidazole rings is 1. The van der Waals surface area contributed by atoms with E-state index in [1.54, 1.807) is 26.5 Å². The van der Waals surface area contributed by atoms with E-state index in [0.717, 1.165) is 11.0 Å². The van der Waals surface area contributed by atoms with Crippen molar-refractivity contribution >= 4 is 28.5 Å². The lowest BCUT2D eigenvalue weighted by atomic mass is 10.2. The lowest BCUT2D eigenvalue weighted by molar-refractivity contribution is -0.121. The third-order valence-corrected chi connectivity index (χ3v) is 3.76. The summed E-state index contributed by atoms with van der Waals surface area (Å²) in [5.74, 6) is -0.341. The number of rotatable bonds is 5. The minimum Gasteiger partial charge on any atom is -0.358 e. The largest absolute Gasteiger partial charge is 0.358 e. The van der Waals surface area contributed by atoms with Gasteiger partial charge in [-0.25, -0.2) is 4.98 Å².